The van der Waals surface area contributed by atoms with Crippen molar-refractivity contribution in [3.05, 3.63) is 23.3 Å². The highest BCUT2D eigenvalue weighted by Gasteiger charge is 2.51. The molecule has 192 valence electrons. The van der Waals surface area contributed by atoms with E-state index in [4.69, 9.17) is 23.7 Å². The Morgan fingerprint density at radius 3 is 2.00 bits per heavy atom. The number of nitrogens with one attached hydrogen (secondary N) is 1. The molecule has 0 bridgehead atoms. The summed E-state index contributed by atoms with van der Waals surface area (Å²) in [6, 6.07) is -0.973. The summed E-state index contributed by atoms with van der Waals surface area (Å²) in [5, 5.41) is 2.67. The van der Waals surface area contributed by atoms with Gasteiger partial charge in [0.15, 0.2) is 18.5 Å². The Kier molecular flexibility index (Phi) is 12.5. The first kappa shape index (κ1) is 29.3. The highest BCUT2D eigenvalue weighted by molar-refractivity contribution is 5.73. The zero-order valence-electron chi connectivity index (χ0n) is 21.0. The number of allylic oxidation sites excluding steroid dienone is 3. The van der Waals surface area contributed by atoms with Gasteiger partial charge in [-0.25, -0.2) is 0 Å². The molecule has 10 heteroatoms. The van der Waals surface area contributed by atoms with Crippen LogP contribution in [0.2, 0.25) is 0 Å². The minimum Gasteiger partial charge on any atom is -0.463 e. The predicted octanol–water partition coefficient (Wildman–Crippen LogP) is 2.35. The molecule has 0 aromatic rings. The van der Waals surface area contributed by atoms with E-state index in [2.05, 4.69) is 11.4 Å². The maximum absolute atomic E-state index is 11.9. The van der Waals surface area contributed by atoms with E-state index >= 15 is 0 Å². The highest BCUT2D eigenvalue weighted by atomic mass is 16.7. The van der Waals surface area contributed by atoms with Crippen LogP contribution in [0.3, 0.4) is 0 Å². The van der Waals surface area contributed by atoms with Crippen molar-refractivity contribution < 1.29 is 42.9 Å². The smallest absolute Gasteiger partial charge is 0.303 e. The molecule has 1 N–H and O–H groups in total. The second-order valence-corrected chi connectivity index (χ2v) is 8.42. The van der Waals surface area contributed by atoms with Gasteiger partial charge in [0.25, 0.3) is 0 Å². The number of amides is 1. The maximum atomic E-state index is 11.9. The molecule has 10 nitrogen and oxygen atoms in total. The summed E-state index contributed by atoms with van der Waals surface area (Å²) in [5.41, 5.74) is 2.35. The molecule has 1 aliphatic rings. The van der Waals surface area contributed by atoms with Crippen LogP contribution >= 0.6 is 0 Å². The normalized spacial score (nSPS) is 24.6. The van der Waals surface area contributed by atoms with E-state index in [1.807, 2.05) is 26.8 Å². The number of hydrogen-bond acceptors (Lipinski definition) is 9. The Balaban J connectivity index is 3.15. The molecular formula is C24H37NO9. The number of carbonyl (C=O) groups is 4. The molecule has 0 aromatic carbocycles. The molecule has 1 saturated heterocycles. The lowest BCUT2D eigenvalue weighted by atomic mass is 9.96. The van der Waals surface area contributed by atoms with Gasteiger partial charge in [-0.1, -0.05) is 23.3 Å². The summed E-state index contributed by atoms with van der Waals surface area (Å²) >= 11 is 0. The Labute approximate surface area is 201 Å². The van der Waals surface area contributed by atoms with Crippen molar-refractivity contribution >= 4 is 23.8 Å². The van der Waals surface area contributed by atoms with Gasteiger partial charge in [-0.3, -0.25) is 19.2 Å². The van der Waals surface area contributed by atoms with Crippen LogP contribution in [-0.2, 0) is 42.9 Å². The van der Waals surface area contributed by atoms with Gasteiger partial charge in [-0.2, -0.15) is 0 Å². The monoisotopic (exact) mass is 483 g/mol. The first-order valence-electron chi connectivity index (χ1n) is 11.2. The standard InChI is InChI=1S/C24H37NO9/c1-14(2)9-8-10-15(3)11-12-30-24-21(25-16(4)26)23(33-19(7)29)22(32-18(6)28)20(34-24)13-31-17(5)27/h9,11,20-24H,8,10,12-13H2,1-7H3,(H,25,26)/b15-11+. The molecular weight excluding hydrogens is 446 g/mol. The molecule has 5 atom stereocenters. The van der Waals surface area contributed by atoms with Crippen LogP contribution in [0, 0.1) is 0 Å². The number of hydrogen-bond donors (Lipinski definition) is 1. The lowest BCUT2D eigenvalue weighted by Gasteiger charge is -2.44. The fraction of sp³-hybridized carbons (Fsp3) is 0.667. The van der Waals surface area contributed by atoms with E-state index in [0.717, 1.165) is 18.4 Å². The fourth-order valence-corrected chi connectivity index (χ4v) is 3.41. The van der Waals surface area contributed by atoms with E-state index in [9.17, 15) is 19.2 Å². The van der Waals surface area contributed by atoms with Gasteiger partial charge in [-0.05, 0) is 33.6 Å². The van der Waals surface area contributed by atoms with E-state index < -0.39 is 54.5 Å². The van der Waals surface area contributed by atoms with Gasteiger partial charge < -0.3 is 29.0 Å². The van der Waals surface area contributed by atoms with Gasteiger partial charge >= 0.3 is 17.9 Å². The number of esters is 3. The largest absolute Gasteiger partial charge is 0.463 e. The summed E-state index contributed by atoms with van der Waals surface area (Å²) in [7, 11) is 0. The van der Waals surface area contributed by atoms with Crippen LogP contribution in [0.15, 0.2) is 23.3 Å². The van der Waals surface area contributed by atoms with Gasteiger partial charge in [0.05, 0.1) is 6.61 Å². The molecule has 0 saturated carbocycles. The van der Waals surface area contributed by atoms with Gasteiger partial charge in [0, 0.05) is 27.7 Å². The minimum absolute atomic E-state index is 0.159. The highest BCUT2D eigenvalue weighted by Crippen LogP contribution is 2.28. The maximum Gasteiger partial charge on any atom is 0.303 e. The van der Waals surface area contributed by atoms with Crippen molar-refractivity contribution in [3.8, 4) is 0 Å². The Hall–Kier alpha value is -2.72. The summed E-state index contributed by atoms with van der Waals surface area (Å²) in [5.74, 6) is -2.30. The quantitative estimate of drug-likeness (QED) is 0.268. The third kappa shape index (κ3) is 10.9. The Bertz CT molecular complexity index is 785. The van der Waals surface area contributed by atoms with Crippen LogP contribution in [-0.4, -0.2) is 67.7 Å². The van der Waals surface area contributed by atoms with Crippen molar-refractivity contribution in [2.24, 2.45) is 0 Å². The third-order valence-electron chi connectivity index (χ3n) is 4.85. The van der Waals surface area contributed by atoms with Crippen LogP contribution in [0.4, 0.5) is 0 Å². The number of ether oxygens (including phenoxy) is 5. The van der Waals surface area contributed by atoms with Gasteiger partial charge in [0.2, 0.25) is 5.91 Å². The molecule has 0 aliphatic carbocycles. The second-order valence-electron chi connectivity index (χ2n) is 8.42. The molecule has 5 unspecified atom stereocenters. The molecule has 0 spiro atoms. The second kappa shape index (κ2) is 14.5. The average molecular weight is 484 g/mol. The van der Waals surface area contributed by atoms with Crippen molar-refractivity contribution in [1.29, 1.82) is 0 Å². The topological polar surface area (TPSA) is 126 Å². The van der Waals surface area contributed by atoms with Crippen LogP contribution in [0.1, 0.15) is 61.3 Å². The average Bonchev–Trinajstić information content (AvgIpc) is 2.69. The van der Waals surface area contributed by atoms with E-state index in [0.29, 0.717) is 0 Å². The van der Waals surface area contributed by atoms with Gasteiger partial charge in [0.1, 0.15) is 18.8 Å². The zero-order valence-corrected chi connectivity index (χ0v) is 21.0. The fourth-order valence-electron chi connectivity index (χ4n) is 3.41. The van der Waals surface area contributed by atoms with Crippen LogP contribution < -0.4 is 5.32 Å². The molecule has 1 rings (SSSR count). The number of rotatable bonds is 11. The van der Waals surface area contributed by atoms with Crippen LogP contribution in [0.5, 0.6) is 0 Å². The first-order chi connectivity index (χ1) is 15.9. The van der Waals surface area contributed by atoms with Crippen molar-refractivity contribution in [3.63, 3.8) is 0 Å². The molecule has 1 amide bonds. The summed E-state index contributed by atoms with van der Waals surface area (Å²) < 4.78 is 27.7. The lowest BCUT2D eigenvalue weighted by molar-refractivity contribution is -0.275. The molecule has 1 fully saturated rings. The first-order valence-corrected chi connectivity index (χ1v) is 11.2. The summed E-state index contributed by atoms with van der Waals surface area (Å²) in [6.45, 7) is 10.9. The zero-order chi connectivity index (χ0) is 25.8. The predicted molar refractivity (Wildman–Crippen MR) is 122 cm³/mol. The summed E-state index contributed by atoms with van der Waals surface area (Å²) in [6.07, 6.45) is 1.47. The molecule has 0 aromatic heterocycles. The molecule has 1 heterocycles. The van der Waals surface area contributed by atoms with Gasteiger partial charge in [-0.15, -0.1) is 0 Å². The Morgan fingerprint density at radius 2 is 1.47 bits per heavy atom. The van der Waals surface area contributed by atoms with Crippen molar-refractivity contribution in [2.75, 3.05) is 13.2 Å². The van der Waals surface area contributed by atoms with Crippen molar-refractivity contribution in [2.45, 2.75) is 92.0 Å². The molecule has 1 aliphatic heterocycles. The third-order valence-corrected chi connectivity index (χ3v) is 4.85. The lowest BCUT2D eigenvalue weighted by Crippen LogP contribution is -2.66. The molecule has 0 radical (unpaired) electrons. The Morgan fingerprint density at radius 1 is 0.853 bits per heavy atom. The SMILES string of the molecule is CC(=O)NC1C(OC/C=C(\C)CCC=C(C)C)OC(COC(C)=O)C(OC(C)=O)C1OC(C)=O. The number of carbonyl (C=O) groups excluding carboxylic acids is 4. The van der Waals surface area contributed by atoms with E-state index in [1.54, 1.807) is 0 Å². The van der Waals surface area contributed by atoms with Crippen molar-refractivity contribution in [1.82, 2.24) is 5.32 Å². The van der Waals surface area contributed by atoms with E-state index in [-0.39, 0.29) is 13.2 Å². The minimum atomic E-state index is -1.14. The van der Waals surface area contributed by atoms with E-state index in [1.165, 1.54) is 33.3 Å². The molecule has 34 heavy (non-hydrogen) atoms. The van der Waals surface area contributed by atoms with Crippen LogP contribution in [0.25, 0.3) is 0 Å². The summed E-state index contributed by atoms with van der Waals surface area (Å²) in [4.78, 5) is 46.9.